The van der Waals surface area contributed by atoms with Crippen molar-refractivity contribution < 1.29 is 9.84 Å². The van der Waals surface area contributed by atoms with Crippen LogP contribution in [0.5, 0.6) is 5.75 Å². The quantitative estimate of drug-likeness (QED) is 0.785. The van der Waals surface area contributed by atoms with Crippen molar-refractivity contribution in [2.45, 2.75) is 25.3 Å². The summed E-state index contributed by atoms with van der Waals surface area (Å²) >= 11 is 0. The fourth-order valence-corrected chi connectivity index (χ4v) is 1.60. The molecule has 1 aromatic rings. The first-order chi connectivity index (χ1) is 7.04. The fraction of sp³-hybridized carbons (Fsp3) is 0.500. The van der Waals surface area contributed by atoms with Gasteiger partial charge in [0.1, 0.15) is 5.75 Å². The molecule has 0 amide bonds. The molecule has 84 valence electrons. The lowest BCUT2D eigenvalue weighted by Gasteiger charge is -2.32. The van der Waals surface area contributed by atoms with Gasteiger partial charge in [-0.15, -0.1) is 0 Å². The first kappa shape index (κ1) is 12.0. The normalized spacial score (nSPS) is 13.7. The highest BCUT2D eigenvalue weighted by atomic mass is 16.5. The summed E-state index contributed by atoms with van der Waals surface area (Å²) in [5, 5.41) is 9.13. The summed E-state index contributed by atoms with van der Waals surface area (Å²) in [7, 11) is 1.64. The molecule has 0 aliphatic rings. The molecule has 1 aromatic carbocycles. The molecule has 1 unspecified atom stereocenters. The van der Waals surface area contributed by atoms with Crippen molar-refractivity contribution >= 4 is 0 Å². The van der Waals surface area contributed by atoms with Crippen molar-refractivity contribution in [3.8, 4) is 5.75 Å². The van der Waals surface area contributed by atoms with E-state index in [1.165, 1.54) is 0 Å². The average molecular weight is 209 g/mol. The summed E-state index contributed by atoms with van der Waals surface area (Å²) in [6.07, 6.45) is 0. The molecule has 0 aromatic heterocycles. The van der Waals surface area contributed by atoms with E-state index >= 15 is 0 Å². The van der Waals surface area contributed by atoms with Crippen LogP contribution in [0.15, 0.2) is 24.3 Å². The van der Waals surface area contributed by atoms with E-state index in [1.54, 1.807) is 7.11 Å². The van der Waals surface area contributed by atoms with E-state index in [4.69, 9.17) is 15.6 Å². The number of para-hydroxylation sites is 1. The number of nitrogens with two attached hydrogens (primary N) is 1. The van der Waals surface area contributed by atoms with Gasteiger partial charge in [0.25, 0.3) is 0 Å². The summed E-state index contributed by atoms with van der Waals surface area (Å²) < 4.78 is 5.29. The van der Waals surface area contributed by atoms with Gasteiger partial charge < -0.3 is 15.6 Å². The van der Waals surface area contributed by atoms with Crippen molar-refractivity contribution in [1.29, 1.82) is 0 Å². The number of aliphatic hydroxyl groups excluding tert-OH is 1. The summed E-state index contributed by atoms with van der Waals surface area (Å²) in [5.41, 5.74) is 6.62. The second-order valence-corrected chi connectivity index (χ2v) is 4.21. The molecule has 0 heterocycles. The fourth-order valence-electron chi connectivity index (χ4n) is 1.60. The minimum Gasteiger partial charge on any atom is -0.496 e. The molecule has 1 rings (SSSR count). The van der Waals surface area contributed by atoms with Crippen LogP contribution < -0.4 is 10.5 Å². The molecule has 0 aliphatic heterocycles. The third kappa shape index (κ3) is 2.30. The molecule has 0 saturated heterocycles. The standard InChI is InChI=1S/C12H19NO2/c1-12(2,11(13)8-14)9-6-4-5-7-10(9)15-3/h4-7,11,14H,8,13H2,1-3H3. The number of rotatable bonds is 4. The number of aliphatic hydroxyl groups is 1. The van der Waals surface area contributed by atoms with Gasteiger partial charge in [0, 0.05) is 17.0 Å². The van der Waals surface area contributed by atoms with Gasteiger partial charge in [0.2, 0.25) is 0 Å². The smallest absolute Gasteiger partial charge is 0.122 e. The van der Waals surface area contributed by atoms with E-state index in [-0.39, 0.29) is 18.1 Å². The van der Waals surface area contributed by atoms with Gasteiger partial charge in [0.05, 0.1) is 13.7 Å². The topological polar surface area (TPSA) is 55.5 Å². The predicted molar refractivity (Wildman–Crippen MR) is 61.1 cm³/mol. The van der Waals surface area contributed by atoms with Gasteiger partial charge in [0.15, 0.2) is 0 Å². The van der Waals surface area contributed by atoms with Crippen molar-refractivity contribution in [3.05, 3.63) is 29.8 Å². The van der Waals surface area contributed by atoms with Gasteiger partial charge in [-0.3, -0.25) is 0 Å². The number of hydrogen-bond acceptors (Lipinski definition) is 3. The van der Waals surface area contributed by atoms with Crippen LogP contribution in [0.3, 0.4) is 0 Å². The molecule has 0 spiro atoms. The van der Waals surface area contributed by atoms with Crippen LogP contribution in [0, 0.1) is 0 Å². The number of hydrogen-bond donors (Lipinski definition) is 2. The largest absolute Gasteiger partial charge is 0.496 e. The molecule has 0 radical (unpaired) electrons. The van der Waals surface area contributed by atoms with E-state index in [0.717, 1.165) is 11.3 Å². The number of methoxy groups -OCH3 is 1. The molecule has 0 saturated carbocycles. The molecular formula is C12H19NO2. The molecule has 15 heavy (non-hydrogen) atoms. The molecule has 0 fully saturated rings. The maximum atomic E-state index is 9.13. The van der Waals surface area contributed by atoms with Gasteiger partial charge in [-0.1, -0.05) is 32.0 Å². The minimum absolute atomic E-state index is 0.0367. The summed E-state index contributed by atoms with van der Waals surface area (Å²) in [4.78, 5) is 0. The summed E-state index contributed by atoms with van der Waals surface area (Å²) in [6.45, 7) is 3.97. The third-order valence-electron chi connectivity index (χ3n) is 2.92. The zero-order valence-corrected chi connectivity index (χ0v) is 9.53. The SMILES string of the molecule is COc1ccccc1C(C)(C)C(N)CO. The Balaban J connectivity index is 3.13. The van der Waals surface area contributed by atoms with Crippen molar-refractivity contribution in [1.82, 2.24) is 0 Å². The third-order valence-corrected chi connectivity index (χ3v) is 2.92. The Hall–Kier alpha value is -1.06. The highest BCUT2D eigenvalue weighted by molar-refractivity contribution is 5.39. The first-order valence-electron chi connectivity index (χ1n) is 5.04. The Morgan fingerprint density at radius 3 is 2.53 bits per heavy atom. The van der Waals surface area contributed by atoms with E-state index < -0.39 is 0 Å². The van der Waals surface area contributed by atoms with Crippen molar-refractivity contribution in [2.24, 2.45) is 5.73 Å². The maximum Gasteiger partial charge on any atom is 0.122 e. The molecular weight excluding hydrogens is 190 g/mol. The molecule has 0 aliphatic carbocycles. The lowest BCUT2D eigenvalue weighted by atomic mass is 9.78. The number of benzene rings is 1. The lowest BCUT2D eigenvalue weighted by molar-refractivity contribution is 0.217. The Morgan fingerprint density at radius 1 is 1.40 bits per heavy atom. The first-order valence-corrected chi connectivity index (χ1v) is 5.04. The molecule has 0 bridgehead atoms. The van der Waals surface area contributed by atoms with Crippen LogP contribution in [-0.2, 0) is 5.41 Å². The molecule has 1 atom stereocenters. The van der Waals surface area contributed by atoms with Gasteiger partial charge in [-0.2, -0.15) is 0 Å². The van der Waals surface area contributed by atoms with E-state index in [0.29, 0.717) is 0 Å². The average Bonchev–Trinajstić information content (AvgIpc) is 2.27. The minimum atomic E-state index is -0.304. The van der Waals surface area contributed by atoms with E-state index in [1.807, 2.05) is 38.1 Å². The summed E-state index contributed by atoms with van der Waals surface area (Å²) in [5.74, 6) is 0.811. The Morgan fingerprint density at radius 2 is 2.00 bits per heavy atom. The van der Waals surface area contributed by atoms with Gasteiger partial charge in [-0.25, -0.2) is 0 Å². The Kier molecular flexibility index (Phi) is 3.72. The Labute approximate surface area is 90.9 Å². The summed E-state index contributed by atoms with van der Waals surface area (Å²) in [6, 6.07) is 7.45. The van der Waals surface area contributed by atoms with Crippen LogP contribution in [0.1, 0.15) is 19.4 Å². The highest BCUT2D eigenvalue weighted by Gasteiger charge is 2.30. The maximum absolute atomic E-state index is 9.13. The van der Waals surface area contributed by atoms with Crippen LogP contribution >= 0.6 is 0 Å². The van der Waals surface area contributed by atoms with Crippen LogP contribution in [0.2, 0.25) is 0 Å². The molecule has 3 nitrogen and oxygen atoms in total. The van der Waals surface area contributed by atoms with Crippen molar-refractivity contribution in [3.63, 3.8) is 0 Å². The number of ether oxygens (including phenoxy) is 1. The van der Waals surface area contributed by atoms with Crippen molar-refractivity contribution in [2.75, 3.05) is 13.7 Å². The van der Waals surface area contributed by atoms with E-state index in [9.17, 15) is 0 Å². The van der Waals surface area contributed by atoms with E-state index in [2.05, 4.69) is 0 Å². The predicted octanol–water partition coefficient (Wildman–Crippen LogP) is 1.29. The second kappa shape index (κ2) is 4.64. The molecule has 3 heteroatoms. The zero-order valence-electron chi connectivity index (χ0n) is 9.53. The second-order valence-electron chi connectivity index (χ2n) is 4.21. The van der Waals surface area contributed by atoms with Gasteiger partial charge >= 0.3 is 0 Å². The van der Waals surface area contributed by atoms with Gasteiger partial charge in [-0.05, 0) is 6.07 Å². The van der Waals surface area contributed by atoms with Crippen LogP contribution in [-0.4, -0.2) is 24.9 Å². The van der Waals surface area contributed by atoms with Crippen LogP contribution in [0.25, 0.3) is 0 Å². The lowest BCUT2D eigenvalue weighted by Crippen LogP contribution is -2.43. The van der Waals surface area contributed by atoms with Crippen LogP contribution in [0.4, 0.5) is 0 Å². The highest BCUT2D eigenvalue weighted by Crippen LogP contribution is 2.33. The Bertz CT molecular complexity index is 323. The molecule has 3 N–H and O–H groups in total. The monoisotopic (exact) mass is 209 g/mol. The zero-order chi connectivity index (χ0) is 11.5.